The molecule has 0 aliphatic heterocycles. The quantitative estimate of drug-likeness (QED) is 0.808. The van der Waals surface area contributed by atoms with Crippen molar-refractivity contribution in [1.29, 1.82) is 0 Å². The van der Waals surface area contributed by atoms with E-state index < -0.39 is 5.97 Å². The van der Waals surface area contributed by atoms with Gasteiger partial charge in [-0.3, -0.25) is 0 Å². The number of esters is 1. The van der Waals surface area contributed by atoms with Gasteiger partial charge in [0.25, 0.3) is 0 Å². The molecular formula is C13H14ClN3O2. The van der Waals surface area contributed by atoms with Crippen LogP contribution in [0.3, 0.4) is 0 Å². The Morgan fingerprint density at radius 2 is 2.21 bits per heavy atom. The summed E-state index contributed by atoms with van der Waals surface area (Å²) in [7, 11) is 0. The van der Waals surface area contributed by atoms with E-state index in [-0.39, 0.29) is 10.7 Å². The monoisotopic (exact) mass is 279 g/mol. The Hall–Kier alpha value is -1.88. The van der Waals surface area contributed by atoms with Crippen LogP contribution in [0.15, 0.2) is 24.4 Å². The summed E-state index contributed by atoms with van der Waals surface area (Å²) in [5.41, 5.74) is 1.17. The third-order valence-corrected chi connectivity index (χ3v) is 2.94. The van der Waals surface area contributed by atoms with Crippen molar-refractivity contribution in [2.24, 2.45) is 0 Å². The maximum Gasteiger partial charge on any atom is 0.342 e. The minimum Gasteiger partial charge on any atom is -0.462 e. The zero-order valence-electron chi connectivity index (χ0n) is 10.8. The Morgan fingerprint density at radius 1 is 1.42 bits per heavy atom. The van der Waals surface area contributed by atoms with Crippen LogP contribution in [0, 0.1) is 0 Å². The number of halogens is 1. The van der Waals surface area contributed by atoms with Crippen molar-refractivity contribution < 1.29 is 9.53 Å². The van der Waals surface area contributed by atoms with E-state index in [0.29, 0.717) is 12.4 Å². The van der Waals surface area contributed by atoms with Gasteiger partial charge in [-0.1, -0.05) is 24.6 Å². The van der Waals surface area contributed by atoms with Crippen LogP contribution in [0.1, 0.15) is 29.9 Å². The van der Waals surface area contributed by atoms with Gasteiger partial charge in [0.2, 0.25) is 0 Å². The molecule has 0 N–H and O–H groups in total. The van der Waals surface area contributed by atoms with Crippen molar-refractivity contribution >= 4 is 17.6 Å². The van der Waals surface area contributed by atoms with Crippen molar-refractivity contribution in [3.63, 3.8) is 0 Å². The zero-order valence-corrected chi connectivity index (χ0v) is 11.5. The van der Waals surface area contributed by atoms with Crippen molar-refractivity contribution in [1.82, 2.24) is 14.8 Å². The van der Waals surface area contributed by atoms with Gasteiger partial charge >= 0.3 is 5.97 Å². The first kappa shape index (κ1) is 13.5. The molecule has 2 heterocycles. The standard InChI is InChI=1S/C13H14ClN3O2/c1-3-9-6-5-7-11(16-9)17-12(14)10(8-15-17)13(18)19-4-2/h5-8H,3-4H2,1-2H3. The van der Waals surface area contributed by atoms with Crippen molar-refractivity contribution in [3.8, 4) is 5.82 Å². The molecule has 6 heteroatoms. The Balaban J connectivity index is 2.38. The molecule has 100 valence electrons. The molecule has 2 aromatic rings. The number of aryl methyl sites for hydroxylation is 1. The van der Waals surface area contributed by atoms with Crippen molar-refractivity contribution in [2.75, 3.05) is 6.61 Å². The maximum atomic E-state index is 11.7. The van der Waals surface area contributed by atoms with Gasteiger partial charge in [0.1, 0.15) is 10.7 Å². The number of pyridine rings is 1. The minimum absolute atomic E-state index is 0.208. The van der Waals surface area contributed by atoms with Gasteiger partial charge in [-0.05, 0) is 25.5 Å². The highest BCUT2D eigenvalue weighted by atomic mass is 35.5. The summed E-state index contributed by atoms with van der Waals surface area (Å²) in [5, 5.41) is 4.29. The second-order valence-corrected chi connectivity index (χ2v) is 4.18. The van der Waals surface area contributed by atoms with Crippen LogP contribution < -0.4 is 0 Å². The normalized spacial score (nSPS) is 10.5. The fourth-order valence-electron chi connectivity index (χ4n) is 1.62. The summed E-state index contributed by atoms with van der Waals surface area (Å²) < 4.78 is 6.33. The van der Waals surface area contributed by atoms with E-state index in [9.17, 15) is 4.79 Å². The summed E-state index contributed by atoms with van der Waals surface area (Å²) in [4.78, 5) is 16.1. The molecule has 2 aromatic heterocycles. The van der Waals surface area contributed by atoms with Crippen LogP contribution >= 0.6 is 11.6 Å². The van der Waals surface area contributed by atoms with E-state index in [0.717, 1.165) is 12.1 Å². The van der Waals surface area contributed by atoms with Crippen molar-refractivity contribution in [2.45, 2.75) is 20.3 Å². The molecule has 2 rings (SSSR count). The predicted molar refractivity (Wildman–Crippen MR) is 71.7 cm³/mol. The second kappa shape index (κ2) is 5.84. The van der Waals surface area contributed by atoms with Gasteiger partial charge in [0.15, 0.2) is 5.82 Å². The van der Waals surface area contributed by atoms with E-state index in [1.165, 1.54) is 10.9 Å². The molecule has 0 amide bonds. The molecule has 0 aromatic carbocycles. The van der Waals surface area contributed by atoms with Crippen LogP contribution in [0.4, 0.5) is 0 Å². The summed E-state index contributed by atoms with van der Waals surface area (Å²) >= 11 is 6.14. The molecule has 0 radical (unpaired) electrons. The second-order valence-electron chi connectivity index (χ2n) is 3.82. The molecule has 5 nitrogen and oxygen atoms in total. The third-order valence-electron chi connectivity index (χ3n) is 2.58. The highest BCUT2D eigenvalue weighted by molar-refractivity contribution is 6.32. The first-order valence-electron chi connectivity index (χ1n) is 6.04. The van der Waals surface area contributed by atoms with E-state index >= 15 is 0 Å². The van der Waals surface area contributed by atoms with Gasteiger partial charge in [-0.25, -0.2) is 14.5 Å². The van der Waals surface area contributed by atoms with E-state index in [1.807, 2.05) is 19.1 Å². The maximum absolute atomic E-state index is 11.7. The van der Waals surface area contributed by atoms with Gasteiger partial charge in [0, 0.05) is 5.69 Å². The fourth-order valence-corrected chi connectivity index (χ4v) is 1.88. The summed E-state index contributed by atoms with van der Waals surface area (Å²) in [6.07, 6.45) is 2.21. The number of hydrogen-bond acceptors (Lipinski definition) is 4. The molecule has 0 saturated carbocycles. The first-order chi connectivity index (χ1) is 9.17. The lowest BCUT2D eigenvalue weighted by molar-refractivity contribution is 0.0526. The molecule has 0 aliphatic carbocycles. The van der Waals surface area contributed by atoms with Crippen LogP contribution in [-0.4, -0.2) is 27.3 Å². The molecular weight excluding hydrogens is 266 g/mol. The number of ether oxygens (including phenoxy) is 1. The lowest BCUT2D eigenvalue weighted by Gasteiger charge is -2.04. The summed E-state index contributed by atoms with van der Waals surface area (Å²) in [6.45, 7) is 4.05. The Bertz CT molecular complexity index is 595. The van der Waals surface area contributed by atoms with E-state index in [2.05, 4.69) is 10.1 Å². The number of aromatic nitrogens is 3. The molecule has 0 spiro atoms. The zero-order chi connectivity index (χ0) is 13.8. The lowest BCUT2D eigenvalue weighted by Crippen LogP contribution is -2.05. The first-order valence-corrected chi connectivity index (χ1v) is 6.42. The Morgan fingerprint density at radius 3 is 2.89 bits per heavy atom. The molecule has 0 fully saturated rings. The van der Waals surface area contributed by atoms with Gasteiger partial charge in [-0.2, -0.15) is 5.10 Å². The van der Waals surface area contributed by atoms with Gasteiger partial charge in [0.05, 0.1) is 12.8 Å². The van der Waals surface area contributed by atoms with Crippen LogP contribution in [0.25, 0.3) is 5.82 Å². The van der Waals surface area contributed by atoms with Gasteiger partial charge < -0.3 is 4.74 Å². The smallest absolute Gasteiger partial charge is 0.342 e. The average molecular weight is 280 g/mol. The number of carbonyl (C=O) groups excluding carboxylic acids is 1. The van der Waals surface area contributed by atoms with Crippen LogP contribution in [-0.2, 0) is 11.2 Å². The molecule has 19 heavy (non-hydrogen) atoms. The third kappa shape index (κ3) is 2.76. The highest BCUT2D eigenvalue weighted by Crippen LogP contribution is 2.20. The lowest BCUT2D eigenvalue weighted by atomic mass is 10.3. The molecule has 0 unspecified atom stereocenters. The molecule has 0 bridgehead atoms. The van der Waals surface area contributed by atoms with Crippen LogP contribution in [0.5, 0.6) is 0 Å². The SMILES string of the molecule is CCOC(=O)c1cnn(-c2cccc(CC)n2)c1Cl. The Labute approximate surface area is 116 Å². The largest absolute Gasteiger partial charge is 0.462 e. The van der Waals surface area contributed by atoms with Gasteiger partial charge in [-0.15, -0.1) is 0 Å². The topological polar surface area (TPSA) is 57.0 Å². The number of rotatable bonds is 4. The van der Waals surface area contributed by atoms with E-state index in [4.69, 9.17) is 16.3 Å². The van der Waals surface area contributed by atoms with E-state index in [1.54, 1.807) is 13.0 Å². The number of hydrogen-bond donors (Lipinski definition) is 0. The molecule has 0 aliphatic rings. The predicted octanol–water partition coefficient (Wildman–Crippen LogP) is 2.66. The Kier molecular flexibility index (Phi) is 4.16. The molecule has 0 saturated heterocycles. The average Bonchev–Trinajstić information content (AvgIpc) is 2.81. The highest BCUT2D eigenvalue weighted by Gasteiger charge is 2.18. The summed E-state index contributed by atoms with van der Waals surface area (Å²) in [6, 6.07) is 5.59. The minimum atomic E-state index is -0.481. The summed E-state index contributed by atoms with van der Waals surface area (Å²) in [5.74, 6) is 0.102. The molecule has 0 atom stereocenters. The van der Waals surface area contributed by atoms with Crippen molar-refractivity contribution in [3.05, 3.63) is 40.8 Å². The van der Waals surface area contributed by atoms with Crippen LogP contribution in [0.2, 0.25) is 5.15 Å². The number of carbonyl (C=O) groups is 1. The fraction of sp³-hybridized carbons (Fsp3) is 0.308. The number of nitrogens with zero attached hydrogens (tertiary/aromatic N) is 3.